The minimum Gasteiger partial charge on any atom is -0.394 e. The second-order valence-corrected chi connectivity index (χ2v) is 6.13. The molecule has 29 heavy (non-hydrogen) atoms. The molecule has 3 rings (SSSR count). The molecule has 0 unspecified atom stereocenters. The maximum atomic E-state index is 12.8. The van der Waals surface area contributed by atoms with Gasteiger partial charge in [0.15, 0.2) is 6.23 Å². The lowest BCUT2D eigenvalue weighted by atomic mass is 10.1. The number of carbonyl (C=O) groups excluding carboxylic acids is 1. The zero-order valence-electron chi connectivity index (χ0n) is 14.5. The first kappa shape index (κ1) is 20.7. The van der Waals surface area contributed by atoms with Crippen molar-refractivity contribution in [2.24, 2.45) is 5.73 Å². The standard InChI is InChI=1S/C17H15F3N4O5/c18-17(19,20)9-3-1-2-8(6-9)4-5-11-22-15(14(21)28)24(23-11)16-13(27)12(26)10(7-25)29-16/h1-3,6,10,12-13,16,25-27H,7H2,(H2,21,28)/t10-,12-,13-,16-/m1/s1. The van der Waals surface area contributed by atoms with Crippen LogP contribution < -0.4 is 5.73 Å². The number of aromatic nitrogens is 3. The molecule has 4 atom stereocenters. The summed E-state index contributed by atoms with van der Waals surface area (Å²) in [5.41, 5.74) is 4.38. The van der Waals surface area contributed by atoms with E-state index < -0.39 is 54.6 Å². The summed E-state index contributed by atoms with van der Waals surface area (Å²) in [4.78, 5) is 15.4. The van der Waals surface area contributed by atoms with Crippen molar-refractivity contribution < 1.29 is 38.0 Å². The average molecular weight is 412 g/mol. The summed E-state index contributed by atoms with van der Waals surface area (Å²) in [7, 11) is 0. The highest BCUT2D eigenvalue weighted by Gasteiger charge is 2.45. The monoisotopic (exact) mass is 412 g/mol. The van der Waals surface area contributed by atoms with Gasteiger partial charge in [0.25, 0.3) is 5.91 Å². The quantitative estimate of drug-likeness (QED) is 0.493. The summed E-state index contributed by atoms with van der Waals surface area (Å²) in [6.45, 7) is -0.600. The van der Waals surface area contributed by atoms with Crippen molar-refractivity contribution in [3.05, 3.63) is 47.0 Å². The van der Waals surface area contributed by atoms with Gasteiger partial charge in [0.1, 0.15) is 18.3 Å². The molecule has 2 aromatic rings. The molecule has 1 aromatic carbocycles. The van der Waals surface area contributed by atoms with E-state index in [1.165, 1.54) is 12.1 Å². The molecule has 1 amide bonds. The number of aliphatic hydroxyl groups is 3. The van der Waals surface area contributed by atoms with Crippen LogP contribution in [0.25, 0.3) is 0 Å². The Bertz CT molecular complexity index is 981. The molecule has 2 heterocycles. The highest BCUT2D eigenvalue weighted by Crippen LogP contribution is 2.30. The maximum Gasteiger partial charge on any atom is 0.416 e. The average Bonchev–Trinajstić information content (AvgIpc) is 3.21. The third-order valence-electron chi connectivity index (χ3n) is 4.12. The molecule has 0 radical (unpaired) electrons. The Balaban J connectivity index is 1.93. The fourth-order valence-electron chi connectivity index (χ4n) is 2.71. The predicted molar refractivity (Wildman–Crippen MR) is 89.0 cm³/mol. The van der Waals surface area contributed by atoms with Gasteiger partial charge in [-0.25, -0.2) is 4.68 Å². The van der Waals surface area contributed by atoms with Gasteiger partial charge in [-0.15, -0.1) is 5.10 Å². The number of ether oxygens (including phenoxy) is 1. The minimum atomic E-state index is -4.53. The topological polar surface area (TPSA) is 144 Å². The van der Waals surface area contributed by atoms with Gasteiger partial charge in [0, 0.05) is 5.56 Å². The van der Waals surface area contributed by atoms with Crippen molar-refractivity contribution in [2.45, 2.75) is 30.7 Å². The molecular formula is C17H15F3N4O5. The summed E-state index contributed by atoms with van der Waals surface area (Å²) in [5, 5.41) is 33.0. The van der Waals surface area contributed by atoms with Crippen LogP contribution in [0.15, 0.2) is 24.3 Å². The smallest absolute Gasteiger partial charge is 0.394 e. The number of halogens is 3. The number of alkyl halides is 3. The number of nitrogens with two attached hydrogens (primary N) is 1. The Morgan fingerprint density at radius 2 is 2.00 bits per heavy atom. The Morgan fingerprint density at radius 1 is 1.28 bits per heavy atom. The molecular weight excluding hydrogens is 397 g/mol. The van der Waals surface area contributed by atoms with Gasteiger partial charge in [0.05, 0.1) is 12.2 Å². The van der Waals surface area contributed by atoms with Gasteiger partial charge in [-0.05, 0) is 24.1 Å². The Morgan fingerprint density at radius 3 is 2.59 bits per heavy atom. The first-order valence-electron chi connectivity index (χ1n) is 8.20. The van der Waals surface area contributed by atoms with Crippen LogP contribution in [0.5, 0.6) is 0 Å². The maximum absolute atomic E-state index is 12.8. The molecule has 0 aliphatic carbocycles. The molecule has 1 aliphatic heterocycles. The van der Waals surface area contributed by atoms with Gasteiger partial charge in [-0.1, -0.05) is 12.0 Å². The molecule has 9 nitrogen and oxygen atoms in total. The van der Waals surface area contributed by atoms with Gasteiger partial charge in [0.2, 0.25) is 11.6 Å². The van der Waals surface area contributed by atoms with Gasteiger partial charge in [-0.3, -0.25) is 4.79 Å². The Kier molecular flexibility index (Phi) is 5.58. The highest BCUT2D eigenvalue weighted by molar-refractivity contribution is 5.89. The van der Waals surface area contributed by atoms with Crippen molar-refractivity contribution in [1.29, 1.82) is 0 Å². The summed E-state index contributed by atoms with van der Waals surface area (Å²) in [5.74, 6) is 3.10. The molecule has 154 valence electrons. The molecule has 0 spiro atoms. The molecule has 5 N–H and O–H groups in total. The molecule has 0 bridgehead atoms. The number of aliphatic hydroxyl groups excluding tert-OH is 3. The Hall–Kier alpha value is -2.98. The molecule has 1 aliphatic rings. The number of benzene rings is 1. The van der Waals surface area contributed by atoms with Crippen molar-refractivity contribution in [1.82, 2.24) is 14.8 Å². The number of nitrogens with zero attached hydrogens (tertiary/aromatic N) is 3. The second kappa shape index (κ2) is 7.80. The fourth-order valence-corrected chi connectivity index (χ4v) is 2.71. The summed E-state index contributed by atoms with van der Waals surface area (Å²) in [6.07, 6.45) is -10.0. The van der Waals surface area contributed by atoms with Crippen LogP contribution in [-0.4, -0.2) is 60.9 Å². The second-order valence-electron chi connectivity index (χ2n) is 6.13. The van der Waals surface area contributed by atoms with E-state index in [1.807, 2.05) is 0 Å². The van der Waals surface area contributed by atoms with Gasteiger partial charge >= 0.3 is 6.18 Å². The summed E-state index contributed by atoms with van der Waals surface area (Å²) < 4.78 is 44.4. The van der Waals surface area contributed by atoms with E-state index in [0.717, 1.165) is 16.8 Å². The van der Waals surface area contributed by atoms with Crippen molar-refractivity contribution in [2.75, 3.05) is 6.61 Å². The van der Waals surface area contributed by atoms with Crippen LogP contribution in [0.2, 0.25) is 0 Å². The van der Waals surface area contributed by atoms with E-state index in [-0.39, 0.29) is 11.4 Å². The third-order valence-corrected chi connectivity index (χ3v) is 4.12. The van der Waals surface area contributed by atoms with Crippen LogP contribution in [0, 0.1) is 11.8 Å². The number of rotatable bonds is 3. The first-order chi connectivity index (χ1) is 13.6. The number of amides is 1. The number of carbonyl (C=O) groups is 1. The van der Waals surface area contributed by atoms with Crippen molar-refractivity contribution >= 4 is 5.91 Å². The van der Waals surface area contributed by atoms with Crippen LogP contribution in [0.3, 0.4) is 0 Å². The number of hydrogen-bond acceptors (Lipinski definition) is 7. The van der Waals surface area contributed by atoms with Gasteiger partial charge in [-0.2, -0.15) is 18.2 Å². The number of hydrogen-bond donors (Lipinski definition) is 4. The molecule has 1 fully saturated rings. The Labute approximate surface area is 161 Å². The van der Waals surface area contributed by atoms with Crippen LogP contribution >= 0.6 is 0 Å². The van der Waals surface area contributed by atoms with E-state index in [9.17, 15) is 28.2 Å². The van der Waals surface area contributed by atoms with Crippen LogP contribution in [-0.2, 0) is 10.9 Å². The zero-order chi connectivity index (χ0) is 21.3. The summed E-state index contributed by atoms with van der Waals surface area (Å²) in [6, 6.07) is 4.27. The van der Waals surface area contributed by atoms with Crippen LogP contribution in [0.4, 0.5) is 13.2 Å². The van der Waals surface area contributed by atoms with E-state index in [1.54, 1.807) is 0 Å². The van der Waals surface area contributed by atoms with Crippen LogP contribution in [0.1, 0.15) is 33.8 Å². The highest BCUT2D eigenvalue weighted by atomic mass is 19.4. The van der Waals surface area contributed by atoms with Crippen molar-refractivity contribution in [3.63, 3.8) is 0 Å². The molecule has 1 aromatic heterocycles. The molecule has 1 saturated heterocycles. The lowest BCUT2D eigenvalue weighted by Gasteiger charge is -2.15. The molecule has 0 saturated carbocycles. The van der Waals surface area contributed by atoms with E-state index in [4.69, 9.17) is 15.6 Å². The van der Waals surface area contributed by atoms with E-state index >= 15 is 0 Å². The first-order valence-corrected chi connectivity index (χ1v) is 8.20. The van der Waals surface area contributed by atoms with Crippen molar-refractivity contribution in [3.8, 4) is 11.8 Å². The lowest BCUT2D eigenvalue weighted by Crippen LogP contribution is -2.34. The van der Waals surface area contributed by atoms with Gasteiger partial charge < -0.3 is 25.8 Å². The predicted octanol–water partition coefficient (Wildman–Crippen LogP) is -0.593. The summed E-state index contributed by atoms with van der Waals surface area (Å²) >= 11 is 0. The lowest BCUT2D eigenvalue weighted by molar-refractivity contribution is -0.137. The molecule has 12 heteroatoms. The normalized spacial score (nSPS) is 24.2. The largest absolute Gasteiger partial charge is 0.416 e. The fraction of sp³-hybridized carbons (Fsp3) is 0.353. The SMILES string of the molecule is NC(=O)c1nc(C#Cc2cccc(C(F)(F)F)c2)nn1[C@@H]1O[C@H](CO)[C@@H](O)[C@H]1O. The van der Waals surface area contributed by atoms with E-state index in [0.29, 0.717) is 0 Å². The zero-order valence-corrected chi connectivity index (χ0v) is 14.5. The van der Waals surface area contributed by atoms with E-state index in [2.05, 4.69) is 21.9 Å². The minimum absolute atomic E-state index is 0.0321. The number of primary amides is 1. The third kappa shape index (κ3) is 4.22.